The normalized spacial score (nSPS) is 17.9. The number of hydrogen-bond acceptors (Lipinski definition) is 8. The fourth-order valence-corrected chi connectivity index (χ4v) is 0.886. The average Bonchev–Trinajstić information content (AvgIpc) is 2.23. The Labute approximate surface area is 91.7 Å². The van der Waals surface area contributed by atoms with Crippen molar-refractivity contribution in [3.63, 3.8) is 0 Å². The van der Waals surface area contributed by atoms with E-state index in [9.17, 15) is 9.59 Å². The Hall–Kier alpha value is -0.900. The van der Waals surface area contributed by atoms with Gasteiger partial charge in [-0.3, -0.25) is 9.59 Å². The molecule has 0 aromatic carbocycles. The van der Waals surface area contributed by atoms with Crippen LogP contribution in [0, 0.1) is 0 Å². The summed E-state index contributed by atoms with van der Waals surface area (Å²) < 4.78 is 0. The molecule has 0 rings (SSSR count). The standard InChI is InChI=1S/C8H14O7.H3N/c1-3(10)5(12)7(14)8(15)6(13)4(11)2-9;/h4,6-9,11,13-15H,2H2,1H3;1H3. The lowest BCUT2D eigenvalue weighted by Gasteiger charge is -2.24. The van der Waals surface area contributed by atoms with Crippen molar-refractivity contribution in [3.05, 3.63) is 0 Å². The van der Waals surface area contributed by atoms with Crippen LogP contribution in [-0.2, 0) is 9.59 Å². The van der Waals surface area contributed by atoms with E-state index in [1.54, 1.807) is 0 Å². The van der Waals surface area contributed by atoms with Crippen LogP contribution in [0.25, 0.3) is 0 Å². The van der Waals surface area contributed by atoms with Gasteiger partial charge in [0.2, 0.25) is 5.78 Å². The summed E-state index contributed by atoms with van der Waals surface area (Å²) in [5, 5.41) is 44.7. The summed E-state index contributed by atoms with van der Waals surface area (Å²) in [6.45, 7) is 0.0480. The van der Waals surface area contributed by atoms with Crippen molar-refractivity contribution >= 4 is 11.6 Å². The first-order valence-electron chi connectivity index (χ1n) is 4.20. The zero-order valence-electron chi connectivity index (χ0n) is 8.78. The van der Waals surface area contributed by atoms with Crippen LogP contribution < -0.4 is 6.15 Å². The second-order valence-electron chi connectivity index (χ2n) is 3.10. The van der Waals surface area contributed by atoms with Crippen LogP contribution in [0.4, 0.5) is 0 Å². The maximum Gasteiger partial charge on any atom is 0.229 e. The molecule has 0 aliphatic carbocycles. The van der Waals surface area contributed by atoms with Gasteiger partial charge in [0, 0.05) is 6.92 Å². The minimum Gasteiger partial charge on any atom is -0.394 e. The van der Waals surface area contributed by atoms with Crippen LogP contribution in [0.3, 0.4) is 0 Å². The second-order valence-corrected chi connectivity index (χ2v) is 3.10. The van der Waals surface area contributed by atoms with Crippen LogP contribution in [0.15, 0.2) is 0 Å². The number of Topliss-reactive ketones (excluding diaryl/α,β-unsaturated/α-hetero) is 2. The first-order chi connectivity index (χ1) is 6.82. The SMILES string of the molecule is CC(=O)C(=O)C(O)C(O)C(O)C(O)CO.N. The molecule has 16 heavy (non-hydrogen) atoms. The van der Waals surface area contributed by atoms with Crippen molar-refractivity contribution < 1.29 is 35.1 Å². The van der Waals surface area contributed by atoms with E-state index in [2.05, 4.69) is 0 Å². The summed E-state index contributed by atoms with van der Waals surface area (Å²) in [6, 6.07) is 0. The van der Waals surface area contributed by atoms with Gasteiger partial charge in [-0.2, -0.15) is 0 Å². The highest BCUT2D eigenvalue weighted by Gasteiger charge is 2.35. The highest BCUT2D eigenvalue weighted by molar-refractivity contribution is 6.38. The quantitative estimate of drug-likeness (QED) is 0.262. The fourth-order valence-electron chi connectivity index (χ4n) is 0.886. The first kappa shape index (κ1) is 17.5. The molecule has 0 fully saturated rings. The van der Waals surface area contributed by atoms with Crippen molar-refractivity contribution in [2.24, 2.45) is 0 Å². The summed E-state index contributed by atoms with van der Waals surface area (Å²) in [7, 11) is 0. The zero-order chi connectivity index (χ0) is 12.2. The highest BCUT2D eigenvalue weighted by atomic mass is 16.4. The smallest absolute Gasteiger partial charge is 0.229 e. The molecule has 0 aromatic rings. The van der Waals surface area contributed by atoms with E-state index in [0.29, 0.717) is 0 Å². The predicted octanol–water partition coefficient (Wildman–Crippen LogP) is -3.26. The van der Waals surface area contributed by atoms with Crippen LogP contribution in [0.2, 0.25) is 0 Å². The van der Waals surface area contributed by atoms with Gasteiger partial charge in [-0.15, -0.1) is 0 Å². The van der Waals surface area contributed by atoms with E-state index < -0.39 is 42.6 Å². The number of aliphatic hydroxyl groups is 5. The van der Waals surface area contributed by atoms with E-state index in [4.69, 9.17) is 25.5 Å². The van der Waals surface area contributed by atoms with Crippen molar-refractivity contribution in [1.82, 2.24) is 6.15 Å². The molecular formula is C8H17NO7. The summed E-state index contributed by atoms with van der Waals surface area (Å²) in [6.07, 6.45) is -7.75. The van der Waals surface area contributed by atoms with E-state index in [-0.39, 0.29) is 6.15 Å². The van der Waals surface area contributed by atoms with Gasteiger partial charge < -0.3 is 31.7 Å². The van der Waals surface area contributed by atoms with Crippen molar-refractivity contribution in [1.29, 1.82) is 0 Å². The van der Waals surface area contributed by atoms with Gasteiger partial charge in [-0.25, -0.2) is 0 Å². The van der Waals surface area contributed by atoms with Gasteiger partial charge in [-0.1, -0.05) is 0 Å². The van der Waals surface area contributed by atoms with E-state index in [1.165, 1.54) is 0 Å². The maximum atomic E-state index is 10.9. The molecule has 4 atom stereocenters. The molecule has 4 unspecified atom stereocenters. The molecule has 0 saturated carbocycles. The molecule has 8 nitrogen and oxygen atoms in total. The Morgan fingerprint density at radius 1 is 1.06 bits per heavy atom. The van der Waals surface area contributed by atoms with Gasteiger partial charge in [0.1, 0.15) is 24.4 Å². The summed E-state index contributed by atoms with van der Waals surface area (Å²) in [5.74, 6) is -2.25. The summed E-state index contributed by atoms with van der Waals surface area (Å²) in [4.78, 5) is 21.4. The molecule has 0 aromatic heterocycles. The van der Waals surface area contributed by atoms with Gasteiger partial charge >= 0.3 is 0 Å². The number of hydrogen-bond donors (Lipinski definition) is 6. The minimum atomic E-state index is -2.11. The first-order valence-corrected chi connectivity index (χ1v) is 4.20. The Morgan fingerprint density at radius 2 is 1.50 bits per heavy atom. The second kappa shape index (κ2) is 7.39. The van der Waals surface area contributed by atoms with Crippen molar-refractivity contribution in [2.75, 3.05) is 6.61 Å². The number of aliphatic hydroxyl groups excluding tert-OH is 5. The maximum absolute atomic E-state index is 10.9. The van der Waals surface area contributed by atoms with Gasteiger partial charge in [0.25, 0.3) is 0 Å². The summed E-state index contributed by atoms with van der Waals surface area (Å²) in [5.41, 5.74) is 0. The number of carbonyl (C=O) groups is 2. The lowest BCUT2D eigenvalue weighted by molar-refractivity contribution is -0.153. The Morgan fingerprint density at radius 3 is 1.81 bits per heavy atom. The molecule has 8 heteroatoms. The number of ketones is 2. The van der Waals surface area contributed by atoms with Crippen LogP contribution >= 0.6 is 0 Å². The Bertz CT molecular complexity index is 245. The van der Waals surface area contributed by atoms with E-state index in [0.717, 1.165) is 6.92 Å². The van der Waals surface area contributed by atoms with Gasteiger partial charge in [0.15, 0.2) is 5.78 Å². The molecule has 0 aliphatic rings. The lowest BCUT2D eigenvalue weighted by Crippen LogP contribution is -2.49. The topological polar surface area (TPSA) is 170 Å². The molecule has 0 radical (unpaired) electrons. The predicted molar refractivity (Wildman–Crippen MR) is 51.8 cm³/mol. The molecular weight excluding hydrogens is 222 g/mol. The molecule has 0 saturated heterocycles. The molecule has 0 heterocycles. The monoisotopic (exact) mass is 239 g/mol. The zero-order valence-corrected chi connectivity index (χ0v) is 8.78. The highest BCUT2D eigenvalue weighted by Crippen LogP contribution is 2.06. The molecule has 96 valence electrons. The molecule has 0 bridgehead atoms. The minimum absolute atomic E-state index is 0. The third-order valence-electron chi connectivity index (χ3n) is 1.87. The Kier molecular flexibility index (Phi) is 8.08. The molecule has 0 spiro atoms. The average molecular weight is 239 g/mol. The third kappa shape index (κ3) is 4.31. The van der Waals surface area contributed by atoms with Gasteiger partial charge in [0.05, 0.1) is 6.61 Å². The third-order valence-corrected chi connectivity index (χ3v) is 1.87. The number of carbonyl (C=O) groups excluding carboxylic acids is 2. The largest absolute Gasteiger partial charge is 0.394 e. The lowest BCUT2D eigenvalue weighted by atomic mass is 9.99. The van der Waals surface area contributed by atoms with E-state index >= 15 is 0 Å². The van der Waals surface area contributed by atoms with Crippen molar-refractivity contribution in [3.8, 4) is 0 Å². The number of rotatable bonds is 6. The summed E-state index contributed by atoms with van der Waals surface area (Å²) >= 11 is 0. The van der Waals surface area contributed by atoms with Crippen LogP contribution in [-0.4, -0.2) is 68.1 Å². The van der Waals surface area contributed by atoms with Crippen LogP contribution in [0.1, 0.15) is 6.92 Å². The van der Waals surface area contributed by atoms with E-state index in [1.807, 2.05) is 0 Å². The molecule has 0 amide bonds. The molecule has 8 N–H and O–H groups in total. The molecule has 0 aliphatic heterocycles. The fraction of sp³-hybridized carbons (Fsp3) is 0.750. The van der Waals surface area contributed by atoms with Crippen LogP contribution in [0.5, 0.6) is 0 Å². The van der Waals surface area contributed by atoms with Gasteiger partial charge in [-0.05, 0) is 0 Å². The van der Waals surface area contributed by atoms with Crippen molar-refractivity contribution in [2.45, 2.75) is 31.3 Å². The Balaban J connectivity index is 0.